The van der Waals surface area contributed by atoms with Crippen molar-refractivity contribution < 1.29 is 0 Å². The van der Waals surface area contributed by atoms with E-state index < -0.39 is 0 Å². The van der Waals surface area contributed by atoms with Crippen molar-refractivity contribution in [3.8, 4) is 34.2 Å². The van der Waals surface area contributed by atoms with Crippen LogP contribution in [0.1, 0.15) is 0 Å². The van der Waals surface area contributed by atoms with Crippen LogP contribution in [0.3, 0.4) is 0 Å². The summed E-state index contributed by atoms with van der Waals surface area (Å²) in [6.07, 6.45) is 0. The lowest BCUT2D eigenvalue weighted by Crippen LogP contribution is -2.01. The second kappa shape index (κ2) is 9.82. The van der Waals surface area contributed by atoms with Crippen LogP contribution in [-0.2, 0) is 0 Å². The van der Waals surface area contributed by atoms with E-state index in [1.54, 1.807) is 0 Å². The van der Waals surface area contributed by atoms with Gasteiger partial charge in [-0.15, -0.1) is 0 Å². The molecule has 0 N–H and O–H groups in total. The molecule has 0 aliphatic carbocycles. The monoisotopic (exact) mass is 559 g/mol. The molecule has 0 atom stereocenters. The van der Waals surface area contributed by atoms with Gasteiger partial charge in [0.15, 0.2) is 17.5 Å². The summed E-state index contributed by atoms with van der Waals surface area (Å²) in [7, 11) is 0. The molecule has 9 rings (SSSR count). The average molecular weight is 560 g/mol. The van der Waals surface area contributed by atoms with Gasteiger partial charge in [-0.1, -0.05) is 140 Å². The lowest BCUT2D eigenvalue weighted by atomic mass is 9.89. The first kappa shape index (κ1) is 24.6. The van der Waals surface area contributed by atoms with Gasteiger partial charge < -0.3 is 0 Å². The van der Waals surface area contributed by atoms with Crippen LogP contribution in [0.15, 0.2) is 152 Å². The van der Waals surface area contributed by atoms with E-state index in [0.29, 0.717) is 17.5 Å². The van der Waals surface area contributed by atoms with E-state index >= 15 is 0 Å². The zero-order valence-electron chi connectivity index (χ0n) is 23.8. The Bertz CT molecular complexity index is 2550. The van der Waals surface area contributed by atoms with Gasteiger partial charge >= 0.3 is 0 Å². The fourth-order valence-corrected chi connectivity index (χ4v) is 6.62. The molecule has 0 spiro atoms. The molecule has 9 aromatic rings. The van der Waals surface area contributed by atoms with E-state index in [4.69, 9.17) is 15.0 Å². The molecule has 0 aliphatic heterocycles. The van der Waals surface area contributed by atoms with Crippen LogP contribution < -0.4 is 0 Å². The third-order valence-electron chi connectivity index (χ3n) is 8.66. The number of fused-ring (bicyclic) bond motifs is 9. The van der Waals surface area contributed by atoms with Crippen LogP contribution in [0, 0.1) is 0 Å². The van der Waals surface area contributed by atoms with Gasteiger partial charge in [-0.3, -0.25) is 0 Å². The van der Waals surface area contributed by atoms with Crippen LogP contribution in [0.25, 0.3) is 88.0 Å². The second-order valence-electron chi connectivity index (χ2n) is 11.2. The first-order valence-electron chi connectivity index (χ1n) is 14.9. The van der Waals surface area contributed by atoms with E-state index in [2.05, 4.69) is 133 Å². The van der Waals surface area contributed by atoms with Gasteiger partial charge in [-0.25, -0.2) is 15.0 Å². The van der Waals surface area contributed by atoms with E-state index in [9.17, 15) is 0 Å². The normalized spacial score (nSPS) is 11.6. The number of hydrogen-bond donors (Lipinski definition) is 0. The van der Waals surface area contributed by atoms with Gasteiger partial charge in [-0.2, -0.15) is 0 Å². The van der Waals surface area contributed by atoms with E-state index in [1.165, 1.54) is 43.1 Å². The summed E-state index contributed by atoms with van der Waals surface area (Å²) in [4.78, 5) is 15.3. The van der Waals surface area contributed by atoms with E-state index in [-0.39, 0.29) is 0 Å². The van der Waals surface area contributed by atoms with E-state index in [1.807, 2.05) is 18.2 Å². The molecule has 1 aromatic heterocycles. The second-order valence-corrected chi connectivity index (χ2v) is 11.2. The zero-order chi connectivity index (χ0) is 29.0. The minimum absolute atomic E-state index is 0.659. The largest absolute Gasteiger partial charge is 0.208 e. The average Bonchev–Trinajstić information content (AvgIpc) is 3.11. The Labute approximate surface area is 254 Å². The fraction of sp³-hybridized carbons (Fsp3) is 0. The van der Waals surface area contributed by atoms with E-state index in [0.717, 1.165) is 27.5 Å². The Morgan fingerprint density at radius 3 is 1.52 bits per heavy atom. The Morgan fingerprint density at radius 1 is 0.295 bits per heavy atom. The quantitative estimate of drug-likeness (QED) is 0.202. The summed E-state index contributed by atoms with van der Waals surface area (Å²) >= 11 is 0. The summed E-state index contributed by atoms with van der Waals surface area (Å²) in [5.74, 6) is 1.98. The molecule has 3 heteroatoms. The lowest BCUT2D eigenvalue weighted by molar-refractivity contribution is 1.08. The van der Waals surface area contributed by atoms with Crippen molar-refractivity contribution in [1.82, 2.24) is 15.0 Å². The third kappa shape index (κ3) is 3.87. The maximum Gasteiger partial charge on any atom is 0.164 e. The van der Waals surface area contributed by atoms with Crippen molar-refractivity contribution in [2.75, 3.05) is 0 Å². The van der Waals surface area contributed by atoms with Crippen molar-refractivity contribution in [1.29, 1.82) is 0 Å². The smallest absolute Gasteiger partial charge is 0.164 e. The molecule has 8 aromatic carbocycles. The molecule has 0 aliphatic rings. The van der Waals surface area contributed by atoms with Crippen molar-refractivity contribution in [2.24, 2.45) is 0 Å². The Morgan fingerprint density at radius 2 is 0.795 bits per heavy atom. The van der Waals surface area contributed by atoms with Gasteiger partial charge in [0.05, 0.1) is 0 Å². The first-order valence-corrected chi connectivity index (χ1v) is 14.9. The van der Waals surface area contributed by atoms with Gasteiger partial charge in [0.25, 0.3) is 0 Å². The fourth-order valence-electron chi connectivity index (χ4n) is 6.62. The molecule has 0 fully saturated rings. The molecule has 0 saturated heterocycles. The number of rotatable bonds is 3. The minimum Gasteiger partial charge on any atom is -0.208 e. The SMILES string of the molecule is c1ccc(-c2nc(-c3ccc4ccccc4c3)nc(-c3cc4c5ccccc5c5ccccc5c4c4ccccc34)n2)cc1. The van der Waals surface area contributed by atoms with Crippen molar-refractivity contribution in [3.05, 3.63) is 152 Å². The molecule has 0 amide bonds. The third-order valence-corrected chi connectivity index (χ3v) is 8.66. The van der Waals surface area contributed by atoms with Gasteiger partial charge in [-0.05, 0) is 66.0 Å². The lowest BCUT2D eigenvalue weighted by Gasteiger charge is -2.16. The Hall–Kier alpha value is -5.93. The van der Waals surface area contributed by atoms with Crippen LogP contribution in [0.2, 0.25) is 0 Å². The van der Waals surface area contributed by atoms with Crippen molar-refractivity contribution in [2.45, 2.75) is 0 Å². The summed E-state index contributed by atoms with van der Waals surface area (Å²) in [5, 5.41) is 12.1. The summed E-state index contributed by atoms with van der Waals surface area (Å²) < 4.78 is 0. The summed E-state index contributed by atoms with van der Waals surface area (Å²) in [6.45, 7) is 0. The van der Waals surface area contributed by atoms with Gasteiger partial charge in [0.2, 0.25) is 0 Å². The first-order chi connectivity index (χ1) is 21.8. The molecule has 204 valence electrons. The number of aromatic nitrogens is 3. The highest BCUT2D eigenvalue weighted by Crippen LogP contribution is 2.42. The molecule has 0 radical (unpaired) electrons. The standard InChI is InChI=1S/C41H25N3/c1-2-13-27(14-3-1)39-42-40(29-23-22-26-12-4-5-15-28(26)24-29)44-41(43-39)37-25-36-32-18-7-6-16-30(32)31-17-8-10-20-34(31)38(36)35-21-11-9-19-33(35)37/h1-25H. The van der Waals surface area contributed by atoms with Crippen LogP contribution >= 0.6 is 0 Å². The minimum atomic E-state index is 0.659. The summed E-state index contributed by atoms with van der Waals surface area (Å²) in [5.41, 5.74) is 2.92. The molecule has 0 saturated carbocycles. The molecule has 3 nitrogen and oxygen atoms in total. The van der Waals surface area contributed by atoms with Crippen LogP contribution in [0.4, 0.5) is 0 Å². The summed E-state index contributed by atoms with van der Waals surface area (Å²) in [6, 6.07) is 53.3. The molecule has 0 bridgehead atoms. The molecule has 1 heterocycles. The van der Waals surface area contributed by atoms with Gasteiger partial charge in [0, 0.05) is 16.7 Å². The molecular weight excluding hydrogens is 534 g/mol. The zero-order valence-corrected chi connectivity index (χ0v) is 23.8. The highest BCUT2D eigenvalue weighted by Gasteiger charge is 2.18. The number of hydrogen-bond acceptors (Lipinski definition) is 3. The predicted molar refractivity (Wildman–Crippen MR) is 184 cm³/mol. The van der Waals surface area contributed by atoms with Crippen molar-refractivity contribution in [3.63, 3.8) is 0 Å². The van der Waals surface area contributed by atoms with Crippen molar-refractivity contribution >= 4 is 53.9 Å². The van der Waals surface area contributed by atoms with Gasteiger partial charge in [0.1, 0.15) is 0 Å². The Balaban J connectivity index is 1.39. The number of benzene rings is 8. The molecular formula is C41H25N3. The molecule has 44 heavy (non-hydrogen) atoms. The topological polar surface area (TPSA) is 38.7 Å². The number of nitrogens with zero attached hydrogens (tertiary/aromatic N) is 3. The predicted octanol–water partition coefficient (Wildman–Crippen LogP) is 10.6. The highest BCUT2D eigenvalue weighted by molar-refractivity contribution is 6.32. The van der Waals surface area contributed by atoms with Crippen LogP contribution in [-0.4, -0.2) is 15.0 Å². The highest BCUT2D eigenvalue weighted by atomic mass is 15.0. The van der Waals surface area contributed by atoms with Crippen LogP contribution in [0.5, 0.6) is 0 Å². The Kier molecular flexibility index (Phi) is 5.50. The maximum absolute atomic E-state index is 5.18. The molecule has 0 unspecified atom stereocenters. The maximum atomic E-state index is 5.18.